The van der Waals surface area contributed by atoms with Gasteiger partial charge in [0.1, 0.15) is 0 Å². The Bertz CT molecular complexity index is 418. The molecule has 0 amide bonds. The predicted molar refractivity (Wildman–Crippen MR) is 76.5 cm³/mol. The van der Waals surface area contributed by atoms with Gasteiger partial charge in [-0.2, -0.15) is 0 Å². The molecule has 1 aromatic carbocycles. The maximum Gasteiger partial charge on any atom is 0.0595 e. The highest BCUT2D eigenvalue weighted by molar-refractivity contribution is 6.42. The van der Waals surface area contributed by atoms with Crippen molar-refractivity contribution in [1.29, 1.82) is 0 Å². The molecule has 18 heavy (non-hydrogen) atoms. The van der Waals surface area contributed by atoms with Gasteiger partial charge in [-0.1, -0.05) is 35.7 Å². The molecule has 0 saturated heterocycles. The van der Waals surface area contributed by atoms with Crippen molar-refractivity contribution in [2.24, 2.45) is 0 Å². The molecule has 1 aliphatic carbocycles. The van der Waals surface area contributed by atoms with Gasteiger partial charge in [0.25, 0.3) is 0 Å². The zero-order valence-electron chi connectivity index (χ0n) is 10.5. The van der Waals surface area contributed by atoms with Gasteiger partial charge < -0.3 is 10.4 Å². The Morgan fingerprint density at radius 1 is 1.33 bits per heavy atom. The molecule has 1 fully saturated rings. The Labute approximate surface area is 118 Å². The van der Waals surface area contributed by atoms with Gasteiger partial charge >= 0.3 is 0 Å². The van der Waals surface area contributed by atoms with Crippen molar-refractivity contribution < 1.29 is 5.11 Å². The number of aliphatic hydroxyl groups excluding tert-OH is 1. The number of halogens is 2. The first-order chi connectivity index (χ1) is 8.60. The van der Waals surface area contributed by atoms with E-state index in [0.29, 0.717) is 22.6 Å². The molecule has 1 aliphatic rings. The van der Waals surface area contributed by atoms with Crippen LogP contribution < -0.4 is 5.32 Å². The molecule has 0 heterocycles. The molecule has 1 aromatic rings. The van der Waals surface area contributed by atoms with Crippen molar-refractivity contribution in [2.45, 2.75) is 37.6 Å². The first-order valence-electron chi connectivity index (χ1n) is 6.40. The van der Waals surface area contributed by atoms with E-state index in [1.165, 1.54) is 12.0 Å². The van der Waals surface area contributed by atoms with Crippen molar-refractivity contribution >= 4 is 23.2 Å². The molecule has 100 valence electrons. The highest BCUT2D eigenvalue weighted by Crippen LogP contribution is 2.47. The second-order valence-corrected chi connectivity index (χ2v) is 5.85. The molecular weight excluding hydrogens is 269 g/mol. The van der Waals surface area contributed by atoms with Gasteiger partial charge in [0.05, 0.1) is 16.7 Å². The Morgan fingerprint density at radius 3 is 2.56 bits per heavy atom. The van der Waals surface area contributed by atoms with Gasteiger partial charge in [-0.15, -0.1) is 0 Å². The lowest BCUT2D eigenvalue weighted by Gasteiger charge is -2.47. The minimum atomic E-state index is 0.142. The van der Waals surface area contributed by atoms with Crippen LogP contribution in [0, 0.1) is 0 Å². The first-order valence-corrected chi connectivity index (χ1v) is 7.15. The largest absolute Gasteiger partial charge is 0.395 e. The van der Waals surface area contributed by atoms with Gasteiger partial charge in [-0.25, -0.2) is 0 Å². The number of nitrogens with one attached hydrogen (secondary N) is 1. The van der Waals surface area contributed by atoms with Crippen LogP contribution in [0.25, 0.3) is 0 Å². The SMILES string of the molecule is CC(NCCO)C1(c2ccc(Cl)c(Cl)c2)CCC1. The summed E-state index contributed by atoms with van der Waals surface area (Å²) in [7, 11) is 0. The lowest BCUT2D eigenvalue weighted by molar-refractivity contribution is 0.170. The topological polar surface area (TPSA) is 32.3 Å². The third-order valence-electron chi connectivity index (χ3n) is 4.13. The number of hydrogen-bond donors (Lipinski definition) is 2. The normalized spacial score (nSPS) is 19.3. The van der Waals surface area contributed by atoms with E-state index in [9.17, 15) is 0 Å². The predicted octanol–water partition coefficient (Wildman–Crippen LogP) is 3.39. The van der Waals surface area contributed by atoms with Gasteiger partial charge in [0.2, 0.25) is 0 Å². The fourth-order valence-electron chi connectivity index (χ4n) is 2.81. The van der Waals surface area contributed by atoms with E-state index in [1.807, 2.05) is 12.1 Å². The van der Waals surface area contributed by atoms with Crippen molar-refractivity contribution in [3.63, 3.8) is 0 Å². The van der Waals surface area contributed by atoms with E-state index in [0.717, 1.165) is 12.8 Å². The summed E-state index contributed by atoms with van der Waals surface area (Å²) in [6, 6.07) is 6.26. The second-order valence-electron chi connectivity index (χ2n) is 5.04. The van der Waals surface area contributed by atoms with E-state index >= 15 is 0 Å². The second kappa shape index (κ2) is 5.79. The number of rotatable bonds is 5. The molecule has 0 spiro atoms. The third kappa shape index (κ3) is 2.53. The van der Waals surface area contributed by atoms with Crippen LogP contribution in [-0.2, 0) is 5.41 Å². The van der Waals surface area contributed by atoms with Crippen LogP contribution in [0.1, 0.15) is 31.7 Å². The quantitative estimate of drug-likeness (QED) is 0.870. The Morgan fingerprint density at radius 2 is 2.06 bits per heavy atom. The number of hydrogen-bond acceptors (Lipinski definition) is 2. The minimum absolute atomic E-state index is 0.142. The molecule has 2 N–H and O–H groups in total. The lowest BCUT2D eigenvalue weighted by atomic mass is 9.60. The number of benzene rings is 1. The molecule has 0 radical (unpaired) electrons. The van der Waals surface area contributed by atoms with Crippen molar-refractivity contribution in [2.75, 3.05) is 13.2 Å². The van der Waals surface area contributed by atoms with Gasteiger partial charge in [0, 0.05) is 18.0 Å². The van der Waals surface area contributed by atoms with Crippen LogP contribution in [0.5, 0.6) is 0 Å². The van der Waals surface area contributed by atoms with Crippen LogP contribution in [0.3, 0.4) is 0 Å². The molecule has 2 rings (SSSR count). The molecular formula is C14H19Cl2NO. The molecule has 1 saturated carbocycles. The van der Waals surface area contributed by atoms with Crippen LogP contribution in [0.15, 0.2) is 18.2 Å². The first kappa shape index (κ1) is 14.1. The maximum absolute atomic E-state index is 8.92. The van der Waals surface area contributed by atoms with E-state index < -0.39 is 0 Å². The van der Waals surface area contributed by atoms with Gasteiger partial charge in [-0.05, 0) is 37.5 Å². The lowest BCUT2D eigenvalue weighted by Crippen LogP contribution is -2.51. The van der Waals surface area contributed by atoms with Crippen molar-refractivity contribution in [1.82, 2.24) is 5.32 Å². The molecule has 1 atom stereocenters. The molecule has 0 bridgehead atoms. The molecule has 0 aromatic heterocycles. The molecule has 0 aliphatic heterocycles. The number of aliphatic hydroxyl groups is 1. The fourth-order valence-corrected chi connectivity index (χ4v) is 3.11. The summed E-state index contributed by atoms with van der Waals surface area (Å²) < 4.78 is 0. The fraction of sp³-hybridized carbons (Fsp3) is 0.571. The average Bonchev–Trinajstić information content (AvgIpc) is 2.29. The Hall–Kier alpha value is -0.280. The van der Waals surface area contributed by atoms with Gasteiger partial charge in [-0.3, -0.25) is 0 Å². The summed E-state index contributed by atoms with van der Waals surface area (Å²) in [5, 5.41) is 13.5. The third-order valence-corrected chi connectivity index (χ3v) is 4.87. The van der Waals surface area contributed by atoms with Crippen LogP contribution in [-0.4, -0.2) is 24.3 Å². The summed E-state index contributed by atoms with van der Waals surface area (Å²) in [6.07, 6.45) is 3.56. The summed E-state index contributed by atoms with van der Waals surface area (Å²) in [6.45, 7) is 2.98. The molecule has 2 nitrogen and oxygen atoms in total. The summed E-state index contributed by atoms with van der Waals surface area (Å²) in [5.74, 6) is 0. The minimum Gasteiger partial charge on any atom is -0.395 e. The van der Waals surface area contributed by atoms with E-state index in [2.05, 4.69) is 18.3 Å². The smallest absolute Gasteiger partial charge is 0.0595 e. The van der Waals surface area contributed by atoms with E-state index in [4.69, 9.17) is 28.3 Å². The van der Waals surface area contributed by atoms with Crippen molar-refractivity contribution in [3.05, 3.63) is 33.8 Å². The monoisotopic (exact) mass is 287 g/mol. The highest BCUT2D eigenvalue weighted by Gasteiger charge is 2.43. The highest BCUT2D eigenvalue weighted by atomic mass is 35.5. The summed E-state index contributed by atoms with van der Waals surface area (Å²) in [4.78, 5) is 0. The van der Waals surface area contributed by atoms with E-state index in [1.54, 1.807) is 0 Å². The zero-order valence-corrected chi connectivity index (χ0v) is 12.1. The Balaban J connectivity index is 2.23. The maximum atomic E-state index is 8.92. The van der Waals surface area contributed by atoms with Crippen LogP contribution >= 0.6 is 23.2 Å². The van der Waals surface area contributed by atoms with Crippen LogP contribution in [0.4, 0.5) is 0 Å². The van der Waals surface area contributed by atoms with E-state index in [-0.39, 0.29) is 12.0 Å². The summed E-state index contributed by atoms with van der Waals surface area (Å²) in [5.41, 5.74) is 1.39. The Kier molecular flexibility index (Phi) is 4.54. The summed E-state index contributed by atoms with van der Waals surface area (Å²) >= 11 is 12.1. The zero-order chi connectivity index (χ0) is 13.2. The molecule has 1 unspecified atom stereocenters. The van der Waals surface area contributed by atoms with Crippen LogP contribution in [0.2, 0.25) is 10.0 Å². The van der Waals surface area contributed by atoms with Crippen molar-refractivity contribution in [3.8, 4) is 0 Å². The average molecular weight is 288 g/mol. The van der Waals surface area contributed by atoms with Gasteiger partial charge in [0.15, 0.2) is 0 Å². The molecule has 4 heteroatoms. The standard InChI is InChI=1S/C14H19Cl2NO/c1-10(17-7-8-18)14(5-2-6-14)11-3-4-12(15)13(16)9-11/h3-4,9-10,17-18H,2,5-8H2,1H3.